The van der Waals surface area contributed by atoms with E-state index in [2.05, 4.69) is 25.6 Å². The van der Waals surface area contributed by atoms with Crippen molar-refractivity contribution in [3.05, 3.63) is 29.6 Å². The van der Waals surface area contributed by atoms with Gasteiger partial charge in [0.1, 0.15) is 5.82 Å². The highest BCUT2D eigenvalue weighted by atomic mass is 19.2. The molecule has 0 saturated heterocycles. The molecule has 0 aliphatic rings. The Labute approximate surface area is 119 Å². The van der Waals surface area contributed by atoms with Gasteiger partial charge in [-0.3, -0.25) is 0 Å². The van der Waals surface area contributed by atoms with Crippen molar-refractivity contribution in [3.63, 3.8) is 0 Å². The summed E-state index contributed by atoms with van der Waals surface area (Å²) in [5.41, 5.74) is -0.398. The zero-order valence-corrected chi connectivity index (χ0v) is 11.6. The first-order valence-corrected chi connectivity index (χ1v) is 5.93. The summed E-state index contributed by atoms with van der Waals surface area (Å²) in [7, 11) is 5.02. The van der Waals surface area contributed by atoms with E-state index in [-0.39, 0.29) is 11.9 Å². The van der Waals surface area contributed by atoms with Crippen molar-refractivity contribution in [2.24, 2.45) is 0 Å². The molecule has 21 heavy (non-hydrogen) atoms. The van der Waals surface area contributed by atoms with Crippen molar-refractivity contribution in [3.8, 4) is 0 Å². The Hall–Kier alpha value is -2.58. The van der Waals surface area contributed by atoms with Crippen LogP contribution < -0.4 is 15.5 Å². The van der Waals surface area contributed by atoms with Crippen molar-refractivity contribution < 1.29 is 13.2 Å². The lowest BCUT2D eigenvalue weighted by atomic mass is 10.3. The molecule has 0 bridgehead atoms. The van der Waals surface area contributed by atoms with E-state index in [0.29, 0.717) is 12.0 Å². The highest BCUT2D eigenvalue weighted by Gasteiger charge is 2.14. The molecule has 9 heteroatoms. The van der Waals surface area contributed by atoms with Gasteiger partial charge in [-0.15, -0.1) is 0 Å². The Morgan fingerprint density at radius 3 is 2.29 bits per heavy atom. The Bertz CT molecular complexity index is 662. The molecule has 0 amide bonds. The van der Waals surface area contributed by atoms with E-state index in [1.165, 1.54) is 0 Å². The summed E-state index contributed by atoms with van der Waals surface area (Å²) in [4.78, 5) is 13.6. The molecule has 0 unspecified atom stereocenters. The van der Waals surface area contributed by atoms with Crippen molar-refractivity contribution in [1.29, 1.82) is 0 Å². The maximum atomic E-state index is 13.6. The van der Waals surface area contributed by atoms with Crippen LogP contribution in [-0.2, 0) is 0 Å². The van der Waals surface area contributed by atoms with E-state index in [0.717, 1.165) is 6.07 Å². The van der Waals surface area contributed by atoms with Gasteiger partial charge in [-0.25, -0.2) is 13.2 Å². The number of rotatable bonds is 4. The number of benzene rings is 1. The van der Waals surface area contributed by atoms with Crippen molar-refractivity contribution in [1.82, 2.24) is 15.0 Å². The summed E-state index contributed by atoms with van der Waals surface area (Å²) in [6.07, 6.45) is 0. The summed E-state index contributed by atoms with van der Waals surface area (Å²) in [6, 6.07) is 1.27. The van der Waals surface area contributed by atoms with Crippen LogP contribution in [-0.4, -0.2) is 36.1 Å². The topological polar surface area (TPSA) is 66.0 Å². The largest absolute Gasteiger partial charge is 0.357 e. The standard InChI is InChI=1S/C12H13F3N6/c1-16-10-18-11(20-12(19-10)21(2)3)17-8-5-6(13)4-7(14)9(8)15/h4-5H,1-3H3,(H2,16,17,18,19,20). The van der Waals surface area contributed by atoms with Gasteiger partial charge in [0.15, 0.2) is 11.6 Å². The van der Waals surface area contributed by atoms with Gasteiger partial charge in [0.05, 0.1) is 5.69 Å². The van der Waals surface area contributed by atoms with E-state index in [1.54, 1.807) is 26.0 Å². The number of aromatic nitrogens is 3. The molecule has 0 fully saturated rings. The molecule has 0 saturated carbocycles. The summed E-state index contributed by atoms with van der Waals surface area (Å²) < 4.78 is 39.9. The molecule has 0 aliphatic carbocycles. The first kappa shape index (κ1) is 14.8. The second-order valence-electron chi connectivity index (χ2n) is 4.30. The minimum Gasteiger partial charge on any atom is -0.357 e. The van der Waals surface area contributed by atoms with Gasteiger partial charge in [0, 0.05) is 33.3 Å². The summed E-state index contributed by atoms with van der Waals surface area (Å²) in [5.74, 6) is -2.93. The molecule has 2 N–H and O–H groups in total. The Balaban J connectivity index is 2.41. The number of hydrogen-bond donors (Lipinski definition) is 2. The normalized spacial score (nSPS) is 10.4. The fourth-order valence-corrected chi connectivity index (χ4v) is 1.50. The summed E-state index contributed by atoms with van der Waals surface area (Å²) >= 11 is 0. The highest BCUT2D eigenvalue weighted by Crippen LogP contribution is 2.22. The predicted octanol–water partition coefficient (Wildman–Crippen LogP) is 2.14. The molecule has 1 aromatic heterocycles. The average Bonchev–Trinajstić information content (AvgIpc) is 2.43. The Kier molecular flexibility index (Phi) is 4.10. The monoisotopic (exact) mass is 298 g/mol. The number of hydrogen-bond acceptors (Lipinski definition) is 6. The van der Waals surface area contributed by atoms with Gasteiger partial charge in [-0.2, -0.15) is 15.0 Å². The molecule has 1 heterocycles. The highest BCUT2D eigenvalue weighted by molar-refractivity contribution is 5.56. The molecule has 0 aliphatic heterocycles. The quantitative estimate of drug-likeness (QED) is 0.843. The fraction of sp³-hybridized carbons (Fsp3) is 0.250. The van der Waals surface area contributed by atoms with Crippen LogP contribution in [0.5, 0.6) is 0 Å². The lowest BCUT2D eigenvalue weighted by molar-refractivity contribution is 0.498. The van der Waals surface area contributed by atoms with Crippen LogP contribution in [0.25, 0.3) is 0 Å². The summed E-state index contributed by atoms with van der Waals surface area (Å²) in [5, 5.41) is 5.15. The van der Waals surface area contributed by atoms with Gasteiger partial charge in [0.2, 0.25) is 17.8 Å². The van der Waals surface area contributed by atoms with Crippen LogP contribution >= 0.6 is 0 Å². The predicted molar refractivity (Wildman–Crippen MR) is 73.3 cm³/mol. The maximum absolute atomic E-state index is 13.6. The first-order valence-electron chi connectivity index (χ1n) is 5.93. The number of nitrogens with zero attached hydrogens (tertiary/aromatic N) is 4. The minimum atomic E-state index is -1.30. The van der Waals surface area contributed by atoms with Gasteiger partial charge < -0.3 is 15.5 Å². The first-order chi connectivity index (χ1) is 9.90. The fourth-order valence-electron chi connectivity index (χ4n) is 1.50. The average molecular weight is 298 g/mol. The molecule has 6 nitrogen and oxygen atoms in total. The molecule has 0 radical (unpaired) electrons. The lowest BCUT2D eigenvalue weighted by Crippen LogP contribution is -2.16. The Morgan fingerprint density at radius 1 is 1.00 bits per heavy atom. The van der Waals surface area contributed by atoms with E-state index in [1.807, 2.05) is 0 Å². The zero-order chi connectivity index (χ0) is 15.6. The van der Waals surface area contributed by atoms with Crippen LogP contribution in [0.3, 0.4) is 0 Å². The molecule has 1 aromatic carbocycles. The third kappa shape index (κ3) is 3.30. The third-order valence-corrected chi connectivity index (χ3v) is 2.49. The molecular formula is C12H13F3N6. The minimum absolute atomic E-state index is 0.0399. The number of halogens is 3. The van der Waals surface area contributed by atoms with Crippen LogP contribution in [0, 0.1) is 17.5 Å². The van der Waals surface area contributed by atoms with Gasteiger partial charge in [0.25, 0.3) is 0 Å². The van der Waals surface area contributed by atoms with Crippen LogP contribution in [0.15, 0.2) is 12.1 Å². The SMILES string of the molecule is CNc1nc(Nc2cc(F)cc(F)c2F)nc(N(C)C)n1. The third-order valence-electron chi connectivity index (χ3n) is 2.49. The molecule has 112 valence electrons. The van der Waals surface area contributed by atoms with E-state index in [4.69, 9.17) is 0 Å². The molecular weight excluding hydrogens is 285 g/mol. The van der Waals surface area contributed by atoms with Crippen LogP contribution in [0.4, 0.5) is 36.7 Å². The zero-order valence-electron chi connectivity index (χ0n) is 11.6. The van der Waals surface area contributed by atoms with Crippen molar-refractivity contribution >= 4 is 23.5 Å². The lowest BCUT2D eigenvalue weighted by Gasteiger charge is -2.13. The van der Waals surface area contributed by atoms with Gasteiger partial charge >= 0.3 is 0 Å². The molecule has 2 rings (SSSR count). The molecule has 0 atom stereocenters. The summed E-state index contributed by atoms with van der Waals surface area (Å²) in [6.45, 7) is 0. The van der Waals surface area contributed by atoms with E-state index < -0.39 is 23.1 Å². The van der Waals surface area contributed by atoms with Crippen molar-refractivity contribution in [2.45, 2.75) is 0 Å². The van der Waals surface area contributed by atoms with E-state index >= 15 is 0 Å². The Morgan fingerprint density at radius 2 is 1.67 bits per heavy atom. The second-order valence-corrected chi connectivity index (χ2v) is 4.30. The second kappa shape index (κ2) is 5.81. The van der Waals surface area contributed by atoms with E-state index in [9.17, 15) is 13.2 Å². The maximum Gasteiger partial charge on any atom is 0.233 e. The molecule has 2 aromatic rings. The van der Waals surface area contributed by atoms with Crippen molar-refractivity contribution in [2.75, 3.05) is 36.7 Å². The smallest absolute Gasteiger partial charge is 0.233 e. The number of anilines is 4. The van der Waals surface area contributed by atoms with Gasteiger partial charge in [-0.05, 0) is 0 Å². The molecule has 0 spiro atoms. The van der Waals surface area contributed by atoms with Crippen LogP contribution in [0.1, 0.15) is 0 Å². The number of nitrogens with one attached hydrogen (secondary N) is 2. The van der Waals surface area contributed by atoms with Gasteiger partial charge in [-0.1, -0.05) is 0 Å². The van der Waals surface area contributed by atoms with Crippen LogP contribution in [0.2, 0.25) is 0 Å².